The van der Waals surface area contributed by atoms with Crippen LogP contribution < -0.4 is 5.32 Å². The van der Waals surface area contributed by atoms with Crippen LogP contribution in [0.3, 0.4) is 0 Å². The van der Waals surface area contributed by atoms with E-state index in [-0.39, 0.29) is 11.3 Å². The maximum atomic E-state index is 13.9. The van der Waals surface area contributed by atoms with Gasteiger partial charge in [-0.15, -0.1) is 0 Å². The topological polar surface area (TPSA) is 64.7 Å². The van der Waals surface area contributed by atoms with Crippen molar-refractivity contribution in [3.63, 3.8) is 0 Å². The van der Waals surface area contributed by atoms with Crippen molar-refractivity contribution in [3.05, 3.63) is 93.4 Å². The van der Waals surface area contributed by atoms with Crippen LogP contribution in [0.4, 0.5) is 5.82 Å². The largest absolute Gasteiger partial charge is 0.305 e. The minimum absolute atomic E-state index is 0.0163. The van der Waals surface area contributed by atoms with Crippen LogP contribution in [0.5, 0.6) is 0 Å². The molecule has 4 aliphatic rings. The van der Waals surface area contributed by atoms with E-state index >= 15 is 0 Å². The van der Waals surface area contributed by atoms with Crippen LogP contribution in [-0.2, 0) is 12.0 Å². The number of carbonyl (C=O) groups is 1. The molecule has 8 rings (SSSR count). The zero-order valence-electron chi connectivity index (χ0n) is 21.9. The molecule has 1 N–H and O–H groups in total. The van der Waals surface area contributed by atoms with Gasteiger partial charge in [0, 0.05) is 39.0 Å². The molecule has 6 nitrogen and oxygen atoms in total. The molecule has 4 fully saturated rings. The van der Waals surface area contributed by atoms with Crippen molar-refractivity contribution in [1.29, 1.82) is 0 Å². The van der Waals surface area contributed by atoms with Crippen molar-refractivity contribution in [2.24, 2.45) is 17.8 Å². The van der Waals surface area contributed by atoms with E-state index in [1.807, 2.05) is 77.1 Å². The molecule has 1 amide bonds. The predicted molar refractivity (Wildman–Crippen MR) is 154 cm³/mol. The average Bonchev–Trinajstić information content (AvgIpc) is 3.50. The van der Waals surface area contributed by atoms with Crippen LogP contribution in [-0.4, -0.2) is 25.5 Å². The zero-order valence-corrected chi connectivity index (χ0v) is 23.4. The Balaban J connectivity index is 1.22. The standard InChI is InChI=1S/C31H31Cl2N5O/c1-19-10-28(35-37(19)17-24-26(32)8-5-9-27(24)33)34-30(39)25-18-38(23-6-3-2-4-7-23)36-29(25)31-14-20-11-21(15-31)13-22(12-20)16-31/h2-10,18,20-22H,11-17H2,1H3,(H,34,35,39). The summed E-state index contributed by atoms with van der Waals surface area (Å²) in [5, 5.41) is 14.1. The summed E-state index contributed by atoms with van der Waals surface area (Å²) in [4.78, 5) is 13.9. The highest BCUT2D eigenvalue weighted by atomic mass is 35.5. The summed E-state index contributed by atoms with van der Waals surface area (Å²) in [6.45, 7) is 2.38. The molecule has 4 aliphatic carbocycles. The third kappa shape index (κ3) is 4.48. The third-order valence-electron chi connectivity index (χ3n) is 9.11. The number of aromatic nitrogens is 4. The number of carbonyl (C=O) groups excluding carboxylic acids is 1. The number of nitrogens with one attached hydrogen (secondary N) is 1. The van der Waals surface area contributed by atoms with Gasteiger partial charge in [0.25, 0.3) is 5.91 Å². The van der Waals surface area contributed by atoms with Crippen LogP contribution in [0.2, 0.25) is 10.0 Å². The number of amides is 1. The summed E-state index contributed by atoms with van der Waals surface area (Å²) >= 11 is 12.8. The summed E-state index contributed by atoms with van der Waals surface area (Å²) in [6.07, 6.45) is 9.34. The highest BCUT2D eigenvalue weighted by molar-refractivity contribution is 6.36. The van der Waals surface area contributed by atoms with Gasteiger partial charge in [-0.05, 0) is 87.5 Å². The molecule has 2 heterocycles. The first-order chi connectivity index (χ1) is 18.9. The Kier molecular flexibility index (Phi) is 6.09. The van der Waals surface area contributed by atoms with Gasteiger partial charge < -0.3 is 5.32 Å². The number of halogens is 2. The highest BCUT2D eigenvalue weighted by Crippen LogP contribution is 2.61. The lowest BCUT2D eigenvalue weighted by atomic mass is 9.48. The predicted octanol–water partition coefficient (Wildman–Crippen LogP) is 7.45. The quantitative estimate of drug-likeness (QED) is 0.266. The Labute approximate surface area is 238 Å². The normalized spacial score (nSPS) is 25.3. The lowest BCUT2D eigenvalue weighted by molar-refractivity contribution is -0.00765. The fourth-order valence-electron chi connectivity index (χ4n) is 7.79. The summed E-state index contributed by atoms with van der Waals surface area (Å²) < 4.78 is 3.70. The van der Waals surface area contributed by atoms with Crippen LogP contribution in [0.25, 0.3) is 5.69 Å². The molecular weight excluding hydrogens is 529 g/mol. The van der Waals surface area contributed by atoms with Gasteiger partial charge in [0.15, 0.2) is 5.82 Å². The molecule has 4 bridgehead atoms. The number of aryl methyl sites for hydroxylation is 1. The molecule has 0 unspecified atom stereocenters. The molecule has 4 aromatic rings. The van der Waals surface area contributed by atoms with Gasteiger partial charge >= 0.3 is 0 Å². The number of benzene rings is 2. The fraction of sp³-hybridized carbons (Fsp3) is 0.387. The first-order valence-electron chi connectivity index (χ1n) is 13.8. The monoisotopic (exact) mass is 559 g/mol. The molecule has 0 radical (unpaired) electrons. The van der Waals surface area contributed by atoms with Gasteiger partial charge in [0.05, 0.1) is 23.5 Å². The maximum absolute atomic E-state index is 13.9. The average molecular weight is 561 g/mol. The number of hydrogen-bond acceptors (Lipinski definition) is 3. The number of rotatable bonds is 6. The van der Waals surface area contributed by atoms with Gasteiger partial charge in [-0.2, -0.15) is 10.2 Å². The molecule has 0 spiro atoms. The highest BCUT2D eigenvalue weighted by Gasteiger charge is 2.54. The summed E-state index contributed by atoms with van der Waals surface area (Å²) in [5.41, 5.74) is 4.27. The molecule has 0 saturated heterocycles. The van der Waals surface area contributed by atoms with E-state index in [4.69, 9.17) is 28.3 Å². The Hall–Kier alpha value is -3.09. The second-order valence-electron chi connectivity index (χ2n) is 11.9. The third-order valence-corrected chi connectivity index (χ3v) is 9.82. The van der Waals surface area contributed by atoms with Gasteiger partial charge in [-0.25, -0.2) is 4.68 Å². The second-order valence-corrected chi connectivity index (χ2v) is 12.7. The van der Waals surface area contributed by atoms with Crippen molar-refractivity contribution in [1.82, 2.24) is 19.6 Å². The summed E-state index contributed by atoms with van der Waals surface area (Å²) in [7, 11) is 0. The summed E-state index contributed by atoms with van der Waals surface area (Å²) in [6, 6.07) is 17.4. The lowest BCUT2D eigenvalue weighted by Gasteiger charge is -2.56. The van der Waals surface area contributed by atoms with E-state index < -0.39 is 0 Å². The van der Waals surface area contributed by atoms with Crippen molar-refractivity contribution in [3.8, 4) is 5.69 Å². The molecule has 2 aromatic carbocycles. The van der Waals surface area contributed by atoms with Crippen molar-refractivity contribution in [2.75, 3.05) is 5.32 Å². The van der Waals surface area contributed by atoms with E-state index in [0.717, 1.165) is 59.7 Å². The molecule has 39 heavy (non-hydrogen) atoms. The van der Waals surface area contributed by atoms with Crippen molar-refractivity contribution >= 4 is 34.9 Å². The number of para-hydroxylation sites is 1. The van der Waals surface area contributed by atoms with Crippen LogP contribution >= 0.6 is 23.2 Å². The van der Waals surface area contributed by atoms with Gasteiger partial charge in [0.2, 0.25) is 0 Å². The molecule has 8 heteroatoms. The number of anilines is 1. The van der Waals surface area contributed by atoms with Gasteiger partial charge in [-0.1, -0.05) is 47.5 Å². The SMILES string of the molecule is Cc1cc(NC(=O)c2cn(-c3ccccc3)nc2C23CC4CC(CC(C4)C2)C3)nn1Cc1c(Cl)cccc1Cl. The Morgan fingerprint density at radius 1 is 0.949 bits per heavy atom. The fourth-order valence-corrected chi connectivity index (χ4v) is 8.31. The second kappa shape index (κ2) is 9.53. The Morgan fingerprint density at radius 3 is 2.23 bits per heavy atom. The molecule has 200 valence electrons. The van der Waals surface area contributed by atoms with E-state index in [2.05, 4.69) is 10.4 Å². The zero-order chi connectivity index (χ0) is 26.7. The van der Waals surface area contributed by atoms with E-state index in [0.29, 0.717) is 28.0 Å². The van der Waals surface area contributed by atoms with E-state index in [9.17, 15) is 4.79 Å². The van der Waals surface area contributed by atoms with E-state index in [1.54, 1.807) is 0 Å². The van der Waals surface area contributed by atoms with Crippen LogP contribution in [0.1, 0.15) is 65.8 Å². The maximum Gasteiger partial charge on any atom is 0.260 e. The van der Waals surface area contributed by atoms with Crippen molar-refractivity contribution < 1.29 is 4.79 Å². The number of nitrogens with zero attached hydrogens (tertiary/aromatic N) is 4. The first kappa shape index (κ1) is 24.9. The van der Waals surface area contributed by atoms with E-state index in [1.165, 1.54) is 19.3 Å². The molecule has 2 aromatic heterocycles. The van der Waals surface area contributed by atoms with Crippen LogP contribution in [0.15, 0.2) is 60.8 Å². The van der Waals surface area contributed by atoms with Crippen molar-refractivity contribution in [2.45, 2.75) is 57.4 Å². The minimum Gasteiger partial charge on any atom is -0.305 e. The Bertz CT molecular complexity index is 1500. The lowest BCUT2D eigenvalue weighted by Crippen LogP contribution is -2.49. The first-order valence-corrected chi connectivity index (χ1v) is 14.6. The molecule has 0 aliphatic heterocycles. The molecular formula is C31H31Cl2N5O. The molecule has 0 atom stereocenters. The smallest absolute Gasteiger partial charge is 0.260 e. The van der Waals surface area contributed by atoms with Gasteiger partial charge in [0.1, 0.15) is 0 Å². The van der Waals surface area contributed by atoms with Crippen LogP contribution in [0, 0.1) is 24.7 Å². The summed E-state index contributed by atoms with van der Waals surface area (Å²) in [5.74, 6) is 2.60. The number of hydrogen-bond donors (Lipinski definition) is 1. The Morgan fingerprint density at radius 2 is 1.59 bits per heavy atom. The minimum atomic E-state index is -0.164. The molecule has 4 saturated carbocycles. The van der Waals surface area contributed by atoms with Gasteiger partial charge in [-0.3, -0.25) is 9.48 Å².